The first-order valence-corrected chi connectivity index (χ1v) is 17.3. The Morgan fingerprint density at radius 1 is 0.939 bits per heavy atom. The highest BCUT2D eigenvalue weighted by molar-refractivity contribution is 7.90. The molecule has 12 heteroatoms. The maximum absolute atomic E-state index is 13.0. The van der Waals surface area contributed by atoms with Crippen molar-refractivity contribution in [2.45, 2.75) is 38.6 Å². The van der Waals surface area contributed by atoms with Crippen LogP contribution in [0.5, 0.6) is 0 Å². The summed E-state index contributed by atoms with van der Waals surface area (Å²) in [6.45, 7) is 7.24. The summed E-state index contributed by atoms with van der Waals surface area (Å²) in [6, 6.07) is 25.9. The number of carbonyl (C=O) groups excluding carboxylic acids is 2. The van der Waals surface area contributed by atoms with Gasteiger partial charge in [0, 0.05) is 36.8 Å². The Morgan fingerprint density at radius 2 is 1.69 bits per heavy atom. The fraction of sp³-hybridized carbons (Fsp3) is 0.243. The molecule has 0 aliphatic rings. The lowest BCUT2D eigenvalue weighted by atomic mass is 10.1. The molecule has 0 spiro atoms. The number of hydrogen-bond acceptors (Lipinski definition) is 10. The van der Waals surface area contributed by atoms with Gasteiger partial charge in [0.05, 0.1) is 28.9 Å². The molecule has 5 aromatic rings. The molecule has 0 bridgehead atoms. The fourth-order valence-electron chi connectivity index (χ4n) is 5.24. The molecule has 11 nitrogen and oxygen atoms in total. The van der Waals surface area contributed by atoms with Crippen LogP contribution in [-0.4, -0.2) is 51.1 Å². The SMILES string of the molecule is COC(=O)c1ccccc1CNc1cc(-c2noc(-c3cccc(C(=O)NS(=O)(=O)c4ccccc4C)c3)n2)ccc1N(C)CCC(C)C. The molecule has 4 aromatic carbocycles. The van der Waals surface area contributed by atoms with Crippen molar-refractivity contribution < 1.29 is 27.3 Å². The molecule has 1 heterocycles. The number of rotatable bonds is 13. The van der Waals surface area contributed by atoms with E-state index in [1.807, 2.05) is 37.4 Å². The topological polar surface area (TPSA) is 144 Å². The van der Waals surface area contributed by atoms with Gasteiger partial charge in [-0.05, 0) is 78.9 Å². The molecule has 0 fully saturated rings. The second-order valence-electron chi connectivity index (χ2n) is 12.0. The molecule has 1 amide bonds. The number of amides is 1. The average Bonchev–Trinajstić information content (AvgIpc) is 3.60. The van der Waals surface area contributed by atoms with E-state index in [0.717, 1.165) is 29.9 Å². The van der Waals surface area contributed by atoms with Crippen molar-refractivity contribution in [2.24, 2.45) is 5.92 Å². The van der Waals surface area contributed by atoms with E-state index in [1.165, 1.54) is 25.3 Å². The number of ether oxygens (including phenoxy) is 1. The molecule has 2 N–H and O–H groups in total. The number of nitrogens with zero attached hydrogens (tertiary/aromatic N) is 3. The van der Waals surface area contributed by atoms with E-state index in [0.29, 0.717) is 40.5 Å². The average molecular weight is 682 g/mol. The van der Waals surface area contributed by atoms with Gasteiger partial charge in [-0.25, -0.2) is 17.9 Å². The van der Waals surface area contributed by atoms with E-state index in [9.17, 15) is 18.0 Å². The third kappa shape index (κ3) is 8.33. The number of aromatic nitrogens is 2. The Hall–Kier alpha value is -5.49. The number of sulfonamides is 1. The highest BCUT2D eigenvalue weighted by Crippen LogP contribution is 2.32. The monoisotopic (exact) mass is 681 g/mol. The molecule has 0 aliphatic heterocycles. The van der Waals surface area contributed by atoms with Crippen LogP contribution in [0.1, 0.15) is 52.1 Å². The number of hydrogen-bond donors (Lipinski definition) is 2. The first-order chi connectivity index (χ1) is 23.5. The highest BCUT2D eigenvalue weighted by atomic mass is 32.2. The highest BCUT2D eigenvalue weighted by Gasteiger charge is 2.22. The van der Waals surface area contributed by atoms with Gasteiger partial charge in [-0.15, -0.1) is 0 Å². The van der Waals surface area contributed by atoms with Crippen LogP contribution in [0, 0.1) is 12.8 Å². The quantitative estimate of drug-likeness (QED) is 0.129. The van der Waals surface area contributed by atoms with Crippen molar-refractivity contribution >= 4 is 33.3 Å². The van der Waals surface area contributed by atoms with Gasteiger partial charge in [-0.2, -0.15) is 4.98 Å². The first-order valence-electron chi connectivity index (χ1n) is 15.8. The van der Waals surface area contributed by atoms with Crippen molar-refractivity contribution in [3.05, 3.63) is 113 Å². The summed E-state index contributed by atoms with van der Waals surface area (Å²) in [5.74, 6) is -0.182. The van der Waals surface area contributed by atoms with Crippen LogP contribution in [0.25, 0.3) is 22.8 Å². The van der Waals surface area contributed by atoms with Crippen LogP contribution in [-0.2, 0) is 21.3 Å². The Bertz CT molecular complexity index is 2080. The molecular formula is C37H39N5O6S. The van der Waals surface area contributed by atoms with Crippen LogP contribution >= 0.6 is 0 Å². The van der Waals surface area contributed by atoms with E-state index < -0.39 is 21.9 Å². The van der Waals surface area contributed by atoms with Gasteiger partial charge in [-0.1, -0.05) is 61.5 Å². The van der Waals surface area contributed by atoms with E-state index in [1.54, 1.807) is 49.4 Å². The normalized spacial score (nSPS) is 11.3. The van der Waals surface area contributed by atoms with Crippen molar-refractivity contribution in [2.75, 3.05) is 30.9 Å². The maximum Gasteiger partial charge on any atom is 0.338 e. The molecule has 0 aliphatic carbocycles. The lowest BCUT2D eigenvalue weighted by Gasteiger charge is -2.24. The molecule has 5 rings (SSSR count). The predicted molar refractivity (Wildman–Crippen MR) is 189 cm³/mol. The minimum atomic E-state index is -4.08. The lowest BCUT2D eigenvalue weighted by Crippen LogP contribution is -2.31. The van der Waals surface area contributed by atoms with Crippen LogP contribution < -0.4 is 14.9 Å². The summed E-state index contributed by atoms with van der Waals surface area (Å²) in [4.78, 5) is 32.2. The molecule has 0 atom stereocenters. The van der Waals surface area contributed by atoms with Gasteiger partial charge in [0.15, 0.2) is 0 Å². The smallest absolute Gasteiger partial charge is 0.338 e. The van der Waals surface area contributed by atoms with E-state index >= 15 is 0 Å². The van der Waals surface area contributed by atoms with Gasteiger partial charge in [0.25, 0.3) is 21.8 Å². The van der Waals surface area contributed by atoms with E-state index in [2.05, 4.69) is 38.9 Å². The van der Waals surface area contributed by atoms with Crippen LogP contribution in [0.2, 0.25) is 0 Å². The second-order valence-corrected chi connectivity index (χ2v) is 13.7. The number of anilines is 2. The van der Waals surface area contributed by atoms with Gasteiger partial charge >= 0.3 is 5.97 Å². The largest absolute Gasteiger partial charge is 0.465 e. The lowest BCUT2D eigenvalue weighted by molar-refractivity contribution is 0.0599. The van der Waals surface area contributed by atoms with Gasteiger partial charge in [0.1, 0.15) is 0 Å². The summed E-state index contributed by atoms with van der Waals surface area (Å²) in [7, 11) is -0.689. The summed E-state index contributed by atoms with van der Waals surface area (Å²) >= 11 is 0. The minimum Gasteiger partial charge on any atom is -0.465 e. The zero-order valence-electron chi connectivity index (χ0n) is 28.1. The standard InChI is InChI=1S/C37H39N5O6S/c1-24(2)19-20-42(4)32-18-17-26(22-31(32)38-23-29-12-7-8-15-30(29)37(44)47-5)34-39-36(48-40-34)28-14-10-13-27(21-28)35(43)41-49(45,46)33-16-9-6-11-25(33)3/h6-18,21-22,24,38H,19-20,23H2,1-5H3,(H,41,43). The van der Waals surface area contributed by atoms with Crippen molar-refractivity contribution in [3.8, 4) is 22.8 Å². The van der Waals surface area contributed by atoms with Gasteiger partial charge < -0.3 is 19.5 Å². The Balaban J connectivity index is 1.40. The van der Waals surface area contributed by atoms with E-state index in [-0.39, 0.29) is 16.3 Å². The summed E-state index contributed by atoms with van der Waals surface area (Å²) in [5, 5.41) is 7.69. The number of carbonyl (C=O) groups is 2. The molecule has 49 heavy (non-hydrogen) atoms. The zero-order valence-corrected chi connectivity index (χ0v) is 28.9. The molecular weight excluding hydrogens is 643 g/mol. The maximum atomic E-state index is 13.0. The van der Waals surface area contributed by atoms with Crippen molar-refractivity contribution in [1.29, 1.82) is 0 Å². The second kappa shape index (κ2) is 15.2. The molecule has 0 saturated heterocycles. The fourth-order valence-corrected chi connectivity index (χ4v) is 6.46. The molecule has 254 valence electrons. The van der Waals surface area contributed by atoms with Crippen molar-refractivity contribution in [1.82, 2.24) is 14.9 Å². The summed E-state index contributed by atoms with van der Waals surface area (Å²) in [5.41, 5.74) is 4.80. The van der Waals surface area contributed by atoms with Gasteiger partial charge in [-0.3, -0.25) is 4.79 Å². The summed E-state index contributed by atoms with van der Waals surface area (Å²) < 4.78 is 38.5. The Kier molecular flexibility index (Phi) is 10.8. The Labute approximate surface area is 286 Å². The molecule has 1 aromatic heterocycles. The third-order valence-corrected chi connectivity index (χ3v) is 9.50. The van der Waals surface area contributed by atoms with Crippen LogP contribution in [0.15, 0.2) is 100 Å². The first kappa shape index (κ1) is 34.8. The number of methoxy groups -OCH3 is 1. The number of aryl methyl sites for hydroxylation is 1. The number of nitrogens with one attached hydrogen (secondary N) is 2. The predicted octanol–water partition coefficient (Wildman–Crippen LogP) is 6.71. The summed E-state index contributed by atoms with van der Waals surface area (Å²) in [6.07, 6.45) is 1.01. The van der Waals surface area contributed by atoms with Gasteiger partial charge in [0.2, 0.25) is 5.82 Å². The number of benzene rings is 4. The minimum absolute atomic E-state index is 0.0275. The van der Waals surface area contributed by atoms with Crippen LogP contribution in [0.4, 0.5) is 11.4 Å². The molecule has 0 unspecified atom stereocenters. The van der Waals surface area contributed by atoms with Crippen LogP contribution in [0.3, 0.4) is 0 Å². The molecule has 0 radical (unpaired) electrons. The zero-order chi connectivity index (χ0) is 35.1. The van der Waals surface area contributed by atoms with E-state index in [4.69, 9.17) is 9.26 Å². The Morgan fingerprint density at radius 3 is 2.45 bits per heavy atom. The molecule has 0 saturated carbocycles. The number of esters is 1. The van der Waals surface area contributed by atoms with Crippen molar-refractivity contribution in [3.63, 3.8) is 0 Å². The third-order valence-electron chi connectivity index (χ3n) is 8.01.